The fraction of sp³-hybridized carbons (Fsp3) is 0.500. The van der Waals surface area contributed by atoms with Crippen molar-refractivity contribution in [2.75, 3.05) is 0 Å². The second-order valence-electron chi connectivity index (χ2n) is 10.7. The molecule has 39 heavy (non-hydrogen) atoms. The van der Waals surface area contributed by atoms with Gasteiger partial charge in [-0.05, 0) is 56.0 Å². The molecule has 212 valence electrons. The molecular formula is C36H50O3. The lowest BCUT2D eigenvalue weighted by Crippen LogP contribution is -2.16. The molecule has 2 unspecified atom stereocenters. The van der Waals surface area contributed by atoms with E-state index in [4.69, 9.17) is 9.47 Å². The predicted molar refractivity (Wildman–Crippen MR) is 164 cm³/mol. The molecular weight excluding hydrogens is 480 g/mol. The molecule has 2 atom stereocenters. The first kappa shape index (κ1) is 30.6. The van der Waals surface area contributed by atoms with E-state index in [2.05, 4.69) is 19.9 Å². The van der Waals surface area contributed by atoms with Crippen molar-refractivity contribution in [3.05, 3.63) is 90.0 Å². The molecule has 0 bridgehead atoms. The van der Waals surface area contributed by atoms with Crippen molar-refractivity contribution in [3.63, 3.8) is 0 Å². The summed E-state index contributed by atoms with van der Waals surface area (Å²) in [5, 5.41) is 11.3. The summed E-state index contributed by atoms with van der Waals surface area (Å²) in [7, 11) is 0. The van der Waals surface area contributed by atoms with Gasteiger partial charge in [0.15, 0.2) is 0 Å². The first-order valence-electron chi connectivity index (χ1n) is 15.5. The lowest BCUT2D eigenvalue weighted by Gasteiger charge is -2.27. The summed E-state index contributed by atoms with van der Waals surface area (Å²) in [6.07, 6.45) is 16.1. The molecule has 0 radical (unpaired) electrons. The minimum absolute atomic E-state index is 0.146. The average Bonchev–Trinajstić information content (AvgIpc) is 2.96. The van der Waals surface area contributed by atoms with E-state index < -0.39 is 0 Å². The molecule has 3 heteroatoms. The SMILES string of the molecule is CCCCCCCCC(Oc1ccccc1)c1cccc(O)c1C(CCCCCCCC)Oc1ccccc1. The predicted octanol–water partition coefficient (Wildman–Crippen LogP) is 11.1. The van der Waals surface area contributed by atoms with Crippen molar-refractivity contribution in [2.45, 2.75) is 116 Å². The topological polar surface area (TPSA) is 38.7 Å². The van der Waals surface area contributed by atoms with Crippen LogP contribution in [0.15, 0.2) is 78.9 Å². The number of para-hydroxylation sites is 2. The summed E-state index contributed by atoms with van der Waals surface area (Å²) in [6, 6.07) is 26.0. The minimum atomic E-state index is -0.235. The summed E-state index contributed by atoms with van der Waals surface area (Å²) < 4.78 is 13.2. The van der Waals surface area contributed by atoms with Crippen LogP contribution in [0.3, 0.4) is 0 Å². The van der Waals surface area contributed by atoms with Gasteiger partial charge in [-0.15, -0.1) is 0 Å². The standard InChI is InChI=1S/C36H50O3/c1-3-5-7-9-11-19-28-34(38-30-22-15-13-16-23-30)32-26-21-27-33(37)36(32)35(29-20-12-10-8-6-4-2)39-31-24-17-14-18-25-31/h13-18,21-27,34-35,37H,3-12,19-20,28-29H2,1-2H3. The second-order valence-corrected chi connectivity index (χ2v) is 10.7. The largest absolute Gasteiger partial charge is 0.508 e. The minimum Gasteiger partial charge on any atom is -0.508 e. The smallest absolute Gasteiger partial charge is 0.128 e. The number of unbranched alkanes of at least 4 members (excludes halogenated alkanes) is 10. The van der Waals surface area contributed by atoms with Gasteiger partial charge in [0.1, 0.15) is 29.5 Å². The van der Waals surface area contributed by atoms with E-state index in [0.29, 0.717) is 5.75 Å². The molecule has 0 saturated carbocycles. The first-order valence-corrected chi connectivity index (χ1v) is 15.5. The van der Waals surface area contributed by atoms with Gasteiger partial charge in [0.2, 0.25) is 0 Å². The van der Waals surface area contributed by atoms with Crippen molar-refractivity contribution in [2.24, 2.45) is 0 Å². The van der Waals surface area contributed by atoms with Crippen LogP contribution in [0.1, 0.15) is 127 Å². The fourth-order valence-corrected chi connectivity index (χ4v) is 5.29. The maximum absolute atomic E-state index is 11.3. The summed E-state index contributed by atoms with van der Waals surface area (Å²) >= 11 is 0. The lowest BCUT2D eigenvalue weighted by atomic mass is 9.91. The number of ether oxygens (including phenoxy) is 2. The summed E-state index contributed by atoms with van der Waals surface area (Å²) in [5.41, 5.74) is 1.92. The van der Waals surface area contributed by atoms with Gasteiger partial charge in [-0.2, -0.15) is 0 Å². The van der Waals surface area contributed by atoms with Crippen molar-refractivity contribution in [1.29, 1.82) is 0 Å². The highest BCUT2D eigenvalue weighted by Crippen LogP contribution is 2.40. The van der Waals surface area contributed by atoms with Gasteiger partial charge in [0.25, 0.3) is 0 Å². The number of phenols is 1. The molecule has 0 amide bonds. The zero-order chi connectivity index (χ0) is 27.5. The van der Waals surface area contributed by atoms with Gasteiger partial charge in [0.05, 0.1) is 0 Å². The zero-order valence-electron chi connectivity index (χ0n) is 24.3. The van der Waals surface area contributed by atoms with Gasteiger partial charge in [-0.1, -0.05) is 127 Å². The van der Waals surface area contributed by atoms with E-state index in [0.717, 1.165) is 48.3 Å². The highest BCUT2D eigenvalue weighted by atomic mass is 16.5. The van der Waals surface area contributed by atoms with E-state index in [1.54, 1.807) is 6.07 Å². The van der Waals surface area contributed by atoms with Gasteiger partial charge in [-0.25, -0.2) is 0 Å². The van der Waals surface area contributed by atoms with Crippen molar-refractivity contribution in [1.82, 2.24) is 0 Å². The van der Waals surface area contributed by atoms with Gasteiger partial charge < -0.3 is 14.6 Å². The van der Waals surface area contributed by atoms with Crippen LogP contribution in [0.5, 0.6) is 17.2 Å². The molecule has 3 aromatic rings. The van der Waals surface area contributed by atoms with Crippen LogP contribution < -0.4 is 9.47 Å². The molecule has 3 aromatic carbocycles. The highest BCUT2D eigenvalue weighted by molar-refractivity contribution is 5.43. The monoisotopic (exact) mass is 530 g/mol. The average molecular weight is 531 g/mol. The Morgan fingerprint density at radius 1 is 0.513 bits per heavy atom. The molecule has 3 rings (SSSR count). The van der Waals surface area contributed by atoms with Crippen LogP contribution in [0.2, 0.25) is 0 Å². The van der Waals surface area contributed by atoms with Gasteiger partial charge in [0, 0.05) is 11.1 Å². The van der Waals surface area contributed by atoms with Crippen molar-refractivity contribution >= 4 is 0 Å². The zero-order valence-corrected chi connectivity index (χ0v) is 24.3. The lowest BCUT2D eigenvalue weighted by molar-refractivity contribution is 0.164. The number of hydrogen-bond donors (Lipinski definition) is 1. The molecule has 0 aliphatic carbocycles. The van der Waals surface area contributed by atoms with Crippen LogP contribution in [0, 0.1) is 0 Å². The Balaban J connectivity index is 1.85. The molecule has 0 fully saturated rings. The third-order valence-corrected chi connectivity index (χ3v) is 7.47. The van der Waals surface area contributed by atoms with E-state index >= 15 is 0 Å². The Morgan fingerprint density at radius 3 is 1.51 bits per heavy atom. The molecule has 0 spiro atoms. The Kier molecular flexibility index (Phi) is 14.4. The summed E-state index contributed by atoms with van der Waals surface area (Å²) in [5.74, 6) is 1.99. The van der Waals surface area contributed by atoms with E-state index in [1.807, 2.05) is 66.7 Å². The Hall–Kier alpha value is -2.94. The maximum Gasteiger partial charge on any atom is 0.128 e. The summed E-state index contributed by atoms with van der Waals surface area (Å²) in [4.78, 5) is 0. The molecule has 0 saturated heterocycles. The van der Waals surface area contributed by atoms with Crippen LogP contribution >= 0.6 is 0 Å². The normalized spacial score (nSPS) is 12.7. The van der Waals surface area contributed by atoms with Crippen molar-refractivity contribution < 1.29 is 14.6 Å². The van der Waals surface area contributed by atoms with E-state index in [9.17, 15) is 5.11 Å². The molecule has 0 aliphatic rings. The van der Waals surface area contributed by atoms with E-state index in [-0.39, 0.29) is 12.2 Å². The Labute approximate surface area is 237 Å². The number of benzene rings is 3. The van der Waals surface area contributed by atoms with Crippen LogP contribution in [-0.4, -0.2) is 5.11 Å². The molecule has 0 aromatic heterocycles. The van der Waals surface area contributed by atoms with E-state index in [1.165, 1.54) is 64.2 Å². The third-order valence-electron chi connectivity index (χ3n) is 7.47. The van der Waals surface area contributed by atoms with Gasteiger partial charge in [-0.3, -0.25) is 0 Å². The number of rotatable bonds is 20. The fourth-order valence-electron chi connectivity index (χ4n) is 5.29. The van der Waals surface area contributed by atoms with Crippen LogP contribution in [0.25, 0.3) is 0 Å². The van der Waals surface area contributed by atoms with Crippen LogP contribution in [0.4, 0.5) is 0 Å². The van der Waals surface area contributed by atoms with Crippen molar-refractivity contribution in [3.8, 4) is 17.2 Å². The van der Waals surface area contributed by atoms with Crippen LogP contribution in [-0.2, 0) is 0 Å². The highest BCUT2D eigenvalue weighted by Gasteiger charge is 2.26. The Morgan fingerprint density at radius 2 is 0.974 bits per heavy atom. The summed E-state index contributed by atoms with van der Waals surface area (Å²) in [6.45, 7) is 4.51. The quantitative estimate of drug-likeness (QED) is 0.148. The molecule has 1 N–H and O–H groups in total. The number of aromatic hydroxyl groups is 1. The van der Waals surface area contributed by atoms with Gasteiger partial charge >= 0.3 is 0 Å². The second kappa shape index (κ2) is 18.4. The molecule has 3 nitrogen and oxygen atoms in total. The molecule has 0 heterocycles. The number of phenolic OH excluding ortho intramolecular Hbond substituents is 1. The first-order chi connectivity index (χ1) is 19.2. The number of hydrogen-bond acceptors (Lipinski definition) is 3. The maximum atomic E-state index is 11.3. The Bertz CT molecular complexity index is 1020. The molecule has 0 aliphatic heterocycles. The third kappa shape index (κ3) is 11.0.